The first-order chi connectivity index (χ1) is 15.7. The number of halogens is 2. The summed E-state index contributed by atoms with van der Waals surface area (Å²) >= 11 is 0. The predicted molar refractivity (Wildman–Crippen MR) is 120 cm³/mol. The number of rotatable bonds is 4. The Morgan fingerprint density at radius 3 is 2.00 bits per heavy atom. The van der Waals surface area contributed by atoms with Crippen LogP contribution in [0.3, 0.4) is 0 Å². The maximum Gasteiger partial charge on any atom is 0.328 e. The topological polar surface area (TPSA) is 81.1 Å². The van der Waals surface area contributed by atoms with Gasteiger partial charge in [0.15, 0.2) is 0 Å². The first-order valence-electron chi connectivity index (χ1n) is 10.9. The molecule has 0 bridgehead atoms. The van der Waals surface area contributed by atoms with E-state index >= 15 is 0 Å². The van der Waals surface area contributed by atoms with E-state index < -0.39 is 11.9 Å². The number of fused-ring (bicyclic) bond motifs is 1. The van der Waals surface area contributed by atoms with Gasteiger partial charge in [0.05, 0.1) is 0 Å². The fraction of sp³-hybridized carbons (Fsp3) is 0.360. The summed E-state index contributed by atoms with van der Waals surface area (Å²) in [5, 5.41) is 15.6. The molecule has 4 rings (SSSR count). The maximum absolute atomic E-state index is 14.0. The Kier molecular flexibility index (Phi) is 8.30. The Morgan fingerprint density at radius 1 is 0.848 bits per heavy atom. The minimum Gasteiger partial charge on any atom is -0.478 e. The molecule has 2 unspecified atom stereocenters. The third-order valence-corrected chi connectivity index (χ3v) is 6.13. The predicted octanol–water partition coefficient (Wildman–Crippen LogP) is 3.89. The normalized spacial score (nSPS) is 21.2. The summed E-state index contributed by atoms with van der Waals surface area (Å²) in [6.07, 6.45) is 3.15. The molecule has 1 aliphatic carbocycles. The number of carboxylic acids is 2. The molecule has 0 radical (unpaired) electrons. The van der Waals surface area contributed by atoms with Gasteiger partial charge in [0.1, 0.15) is 11.6 Å². The fourth-order valence-corrected chi connectivity index (χ4v) is 4.48. The molecule has 6 nitrogen and oxygen atoms in total. The SMILES string of the molecule is CN1CCN(C2CCC(c3ccc(F)cc3)c3ccc(F)cc32)CC1.O=C(O)/C=C\C(=O)O. The Balaban J connectivity index is 0.000000331. The van der Waals surface area contributed by atoms with E-state index in [0.717, 1.165) is 50.1 Å². The van der Waals surface area contributed by atoms with Crippen LogP contribution in [0.5, 0.6) is 0 Å². The monoisotopic (exact) mass is 458 g/mol. The van der Waals surface area contributed by atoms with E-state index in [1.807, 2.05) is 18.2 Å². The van der Waals surface area contributed by atoms with Crippen LogP contribution in [0.15, 0.2) is 54.6 Å². The number of piperazine rings is 1. The van der Waals surface area contributed by atoms with Crippen molar-refractivity contribution in [2.45, 2.75) is 24.8 Å². The molecular formula is C25H28F2N2O4. The zero-order valence-electron chi connectivity index (χ0n) is 18.5. The quantitative estimate of drug-likeness (QED) is 0.677. The van der Waals surface area contributed by atoms with E-state index in [4.69, 9.17) is 10.2 Å². The van der Waals surface area contributed by atoms with Crippen LogP contribution >= 0.6 is 0 Å². The van der Waals surface area contributed by atoms with Crippen molar-refractivity contribution in [3.8, 4) is 0 Å². The summed E-state index contributed by atoms with van der Waals surface area (Å²) in [5.74, 6) is -2.67. The molecule has 1 fully saturated rings. The lowest BCUT2D eigenvalue weighted by atomic mass is 9.76. The number of hydrogen-bond donors (Lipinski definition) is 2. The summed E-state index contributed by atoms with van der Waals surface area (Å²) in [6, 6.07) is 12.3. The molecule has 0 spiro atoms. The Bertz CT molecular complexity index is 986. The van der Waals surface area contributed by atoms with Crippen molar-refractivity contribution >= 4 is 11.9 Å². The van der Waals surface area contributed by atoms with Crippen molar-refractivity contribution in [1.29, 1.82) is 0 Å². The van der Waals surface area contributed by atoms with Gasteiger partial charge in [-0.3, -0.25) is 4.90 Å². The van der Waals surface area contributed by atoms with Crippen molar-refractivity contribution in [3.05, 3.63) is 82.9 Å². The molecule has 0 amide bonds. The number of carbonyl (C=O) groups is 2. The highest BCUT2D eigenvalue weighted by Gasteiger charge is 2.33. The molecule has 2 aromatic rings. The van der Waals surface area contributed by atoms with Crippen molar-refractivity contribution in [1.82, 2.24) is 9.80 Å². The third kappa shape index (κ3) is 6.69. The first-order valence-corrected chi connectivity index (χ1v) is 10.9. The van der Waals surface area contributed by atoms with Crippen LogP contribution in [0.25, 0.3) is 0 Å². The van der Waals surface area contributed by atoms with Gasteiger partial charge in [-0.05, 0) is 60.8 Å². The van der Waals surface area contributed by atoms with Crippen LogP contribution in [0.2, 0.25) is 0 Å². The zero-order valence-corrected chi connectivity index (χ0v) is 18.5. The highest BCUT2D eigenvalue weighted by molar-refractivity contribution is 5.89. The minimum atomic E-state index is -1.26. The molecule has 176 valence electrons. The van der Waals surface area contributed by atoms with Crippen LogP contribution in [-0.4, -0.2) is 65.2 Å². The molecule has 2 aromatic carbocycles. The highest BCUT2D eigenvalue weighted by atomic mass is 19.1. The van der Waals surface area contributed by atoms with E-state index in [9.17, 15) is 18.4 Å². The lowest BCUT2D eigenvalue weighted by Gasteiger charge is -2.42. The van der Waals surface area contributed by atoms with E-state index in [2.05, 4.69) is 16.8 Å². The van der Waals surface area contributed by atoms with Crippen molar-refractivity contribution in [2.24, 2.45) is 0 Å². The summed E-state index contributed by atoms with van der Waals surface area (Å²) in [5.41, 5.74) is 3.43. The maximum atomic E-state index is 14.0. The van der Waals surface area contributed by atoms with Gasteiger partial charge in [0, 0.05) is 50.3 Å². The molecule has 0 aromatic heterocycles. The minimum absolute atomic E-state index is 0.169. The van der Waals surface area contributed by atoms with Crippen LogP contribution in [0.4, 0.5) is 8.78 Å². The number of likely N-dealkylation sites (N-methyl/N-ethyl adjacent to an activating group) is 1. The van der Waals surface area contributed by atoms with Gasteiger partial charge in [-0.2, -0.15) is 0 Å². The summed E-state index contributed by atoms with van der Waals surface area (Å²) in [7, 11) is 2.15. The fourth-order valence-electron chi connectivity index (χ4n) is 4.48. The standard InChI is InChI=1S/C21H24F2N2.C4H4O4/c1-24-10-12-25(13-11-24)21-9-8-18(15-2-4-16(22)5-3-15)19-7-6-17(23)14-20(19)21;5-3(6)1-2-4(7)8/h2-7,14,18,21H,8-13H2,1H3;1-2H,(H,5,6)(H,7,8)/b;2-1-. The lowest BCUT2D eigenvalue weighted by Crippen LogP contribution is -2.46. The number of nitrogens with zero attached hydrogens (tertiary/aromatic N) is 2. The van der Waals surface area contributed by atoms with Gasteiger partial charge in [-0.25, -0.2) is 18.4 Å². The molecule has 8 heteroatoms. The number of benzene rings is 2. The second-order valence-corrected chi connectivity index (χ2v) is 8.32. The molecule has 0 saturated carbocycles. The van der Waals surface area contributed by atoms with Crippen molar-refractivity contribution < 1.29 is 28.6 Å². The van der Waals surface area contributed by atoms with Crippen LogP contribution in [0.1, 0.15) is 41.5 Å². The van der Waals surface area contributed by atoms with Crippen molar-refractivity contribution in [2.75, 3.05) is 33.2 Å². The zero-order chi connectivity index (χ0) is 24.0. The van der Waals surface area contributed by atoms with Crippen LogP contribution in [0, 0.1) is 11.6 Å². The third-order valence-electron chi connectivity index (χ3n) is 6.13. The van der Waals surface area contributed by atoms with Gasteiger partial charge in [-0.1, -0.05) is 18.2 Å². The average Bonchev–Trinajstić information content (AvgIpc) is 2.79. The Labute approximate surface area is 191 Å². The van der Waals surface area contributed by atoms with Gasteiger partial charge in [-0.15, -0.1) is 0 Å². The molecule has 1 aliphatic heterocycles. The Morgan fingerprint density at radius 2 is 1.42 bits per heavy atom. The molecule has 2 atom stereocenters. The van der Waals surface area contributed by atoms with E-state index in [1.54, 1.807) is 12.1 Å². The largest absolute Gasteiger partial charge is 0.478 e. The van der Waals surface area contributed by atoms with Gasteiger partial charge >= 0.3 is 11.9 Å². The van der Waals surface area contributed by atoms with E-state index in [0.29, 0.717) is 12.2 Å². The van der Waals surface area contributed by atoms with Gasteiger partial charge < -0.3 is 15.1 Å². The molecule has 1 saturated heterocycles. The molecule has 2 aliphatic rings. The number of hydrogen-bond acceptors (Lipinski definition) is 4. The van der Waals surface area contributed by atoms with E-state index in [-0.39, 0.29) is 23.6 Å². The number of aliphatic carboxylic acids is 2. The van der Waals surface area contributed by atoms with Crippen LogP contribution in [-0.2, 0) is 9.59 Å². The molecule has 1 heterocycles. The second kappa shape index (κ2) is 11.2. The van der Waals surface area contributed by atoms with Gasteiger partial charge in [0.2, 0.25) is 0 Å². The van der Waals surface area contributed by atoms with Crippen molar-refractivity contribution in [3.63, 3.8) is 0 Å². The summed E-state index contributed by atoms with van der Waals surface area (Å²) in [4.78, 5) is 23.9. The molecular weight excluding hydrogens is 430 g/mol. The lowest BCUT2D eigenvalue weighted by molar-refractivity contribution is -0.134. The molecule has 2 N–H and O–H groups in total. The summed E-state index contributed by atoms with van der Waals surface area (Å²) < 4.78 is 27.3. The highest BCUT2D eigenvalue weighted by Crippen LogP contribution is 2.44. The smallest absolute Gasteiger partial charge is 0.328 e. The second-order valence-electron chi connectivity index (χ2n) is 8.32. The van der Waals surface area contributed by atoms with Crippen LogP contribution < -0.4 is 0 Å². The molecule has 33 heavy (non-hydrogen) atoms. The average molecular weight is 459 g/mol. The van der Waals surface area contributed by atoms with Gasteiger partial charge in [0.25, 0.3) is 0 Å². The summed E-state index contributed by atoms with van der Waals surface area (Å²) in [6.45, 7) is 4.17. The Hall–Kier alpha value is -3.10. The first kappa shape index (κ1) is 24.5. The van der Waals surface area contributed by atoms with E-state index in [1.165, 1.54) is 17.7 Å². The number of carboxylic acid groups (broad SMARTS) is 2.